The summed E-state index contributed by atoms with van der Waals surface area (Å²) in [6.45, 7) is 0. The van der Waals surface area contributed by atoms with Crippen molar-refractivity contribution >= 4 is 23.0 Å². The highest BCUT2D eigenvalue weighted by atomic mass is 32.1. The third-order valence-electron chi connectivity index (χ3n) is 2.20. The normalized spacial score (nSPS) is 18.2. The second-order valence-electron chi connectivity index (χ2n) is 3.31. The zero-order valence-corrected chi connectivity index (χ0v) is 7.88. The molecule has 1 fully saturated rings. The zero-order valence-electron chi connectivity index (χ0n) is 7.06. The first-order valence-electron chi connectivity index (χ1n) is 4.29. The Morgan fingerprint density at radius 3 is 2.92 bits per heavy atom. The highest BCUT2D eigenvalue weighted by Crippen LogP contribution is 2.34. The highest BCUT2D eigenvalue weighted by molar-refractivity contribution is 7.08. The van der Waals surface area contributed by atoms with Crippen molar-refractivity contribution in [2.75, 3.05) is 5.32 Å². The highest BCUT2D eigenvalue weighted by Gasteiger charge is 2.36. The Morgan fingerprint density at radius 2 is 2.46 bits per heavy atom. The van der Waals surface area contributed by atoms with Crippen molar-refractivity contribution in [1.82, 2.24) is 0 Å². The van der Waals surface area contributed by atoms with E-state index in [1.807, 2.05) is 16.8 Å². The van der Waals surface area contributed by atoms with Gasteiger partial charge in [-0.25, -0.2) is 4.79 Å². The third kappa shape index (κ3) is 2.01. The molecule has 0 spiro atoms. The fraction of sp³-hybridized carbons (Fsp3) is 0.444. The summed E-state index contributed by atoms with van der Waals surface area (Å²) < 4.78 is 0. The van der Waals surface area contributed by atoms with Crippen LogP contribution < -0.4 is 5.32 Å². The first-order chi connectivity index (χ1) is 6.27. The van der Waals surface area contributed by atoms with E-state index < -0.39 is 12.0 Å². The lowest BCUT2D eigenvalue weighted by Crippen LogP contribution is -2.31. The fourth-order valence-electron chi connectivity index (χ4n) is 1.34. The molecule has 0 bridgehead atoms. The van der Waals surface area contributed by atoms with Gasteiger partial charge in [0.25, 0.3) is 0 Å². The maximum atomic E-state index is 10.8. The molecule has 13 heavy (non-hydrogen) atoms. The minimum Gasteiger partial charge on any atom is -0.480 e. The van der Waals surface area contributed by atoms with E-state index >= 15 is 0 Å². The van der Waals surface area contributed by atoms with Crippen LogP contribution >= 0.6 is 11.3 Å². The van der Waals surface area contributed by atoms with E-state index in [0.717, 1.165) is 18.5 Å². The second-order valence-corrected chi connectivity index (χ2v) is 4.09. The molecule has 1 aliphatic rings. The zero-order chi connectivity index (χ0) is 9.26. The van der Waals surface area contributed by atoms with Crippen LogP contribution in [-0.2, 0) is 4.79 Å². The molecule has 0 aromatic carbocycles. The Hall–Kier alpha value is -1.03. The van der Waals surface area contributed by atoms with E-state index in [1.54, 1.807) is 11.3 Å². The number of carbonyl (C=O) groups is 1. The van der Waals surface area contributed by atoms with E-state index in [0.29, 0.717) is 5.92 Å². The Balaban J connectivity index is 2.01. The minimum atomic E-state index is -0.742. The van der Waals surface area contributed by atoms with E-state index in [9.17, 15) is 4.79 Å². The van der Waals surface area contributed by atoms with Gasteiger partial charge in [0, 0.05) is 11.1 Å². The van der Waals surface area contributed by atoms with Crippen molar-refractivity contribution in [1.29, 1.82) is 0 Å². The molecule has 70 valence electrons. The number of aliphatic carboxylic acids is 1. The summed E-state index contributed by atoms with van der Waals surface area (Å²) in [6.07, 6.45) is 2.07. The van der Waals surface area contributed by atoms with Crippen molar-refractivity contribution in [3.8, 4) is 0 Å². The fourth-order valence-corrected chi connectivity index (χ4v) is 1.93. The van der Waals surface area contributed by atoms with Crippen molar-refractivity contribution in [3.63, 3.8) is 0 Å². The molecule has 0 radical (unpaired) electrons. The molecule has 2 rings (SSSR count). The molecule has 1 aliphatic carbocycles. The summed E-state index contributed by atoms with van der Waals surface area (Å²) in [5.41, 5.74) is 0.921. The van der Waals surface area contributed by atoms with Gasteiger partial charge in [-0.1, -0.05) is 0 Å². The van der Waals surface area contributed by atoms with Gasteiger partial charge in [-0.3, -0.25) is 0 Å². The summed E-state index contributed by atoms with van der Waals surface area (Å²) in [5.74, 6) is -0.411. The molecule has 1 heterocycles. The van der Waals surface area contributed by atoms with Crippen LogP contribution in [0.15, 0.2) is 16.8 Å². The summed E-state index contributed by atoms with van der Waals surface area (Å²) in [7, 11) is 0. The van der Waals surface area contributed by atoms with Crippen LogP contribution in [0.5, 0.6) is 0 Å². The van der Waals surface area contributed by atoms with Crippen molar-refractivity contribution in [2.45, 2.75) is 18.9 Å². The average molecular weight is 197 g/mol. The van der Waals surface area contributed by atoms with Gasteiger partial charge in [-0.05, 0) is 30.2 Å². The standard InChI is InChI=1S/C9H11NO2S/c11-9(12)8(6-1-2-6)10-7-3-4-13-5-7/h3-6,8,10H,1-2H2,(H,11,12). The van der Waals surface area contributed by atoms with Gasteiger partial charge < -0.3 is 10.4 Å². The Kier molecular flexibility index (Phi) is 2.22. The second kappa shape index (κ2) is 3.38. The largest absolute Gasteiger partial charge is 0.480 e. The van der Waals surface area contributed by atoms with E-state index in [2.05, 4.69) is 5.32 Å². The number of hydrogen-bond acceptors (Lipinski definition) is 3. The summed E-state index contributed by atoms with van der Waals surface area (Å²) >= 11 is 1.57. The lowest BCUT2D eigenvalue weighted by Gasteiger charge is -2.12. The minimum absolute atomic E-state index is 0.331. The van der Waals surface area contributed by atoms with Crippen molar-refractivity contribution < 1.29 is 9.90 Å². The molecule has 0 saturated heterocycles. The third-order valence-corrected chi connectivity index (χ3v) is 2.89. The number of thiophene rings is 1. The van der Waals surface area contributed by atoms with Gasteiger partial charge in [0.05, 0.1) is 0 Å². The first kappa shape index (κ1) is 8.56. The number of rotatable bonds is 4. The van der Waals surface area contributed by atoms with Crippen LogP contribution in [0.4, 0.5) is 5.69 Å². The summed E-state index contributed by atoms with van der Waals surface area (Å²) in [5, 5.41) is 15.8. The average Bonchev–Trinajstić information content (AvgIpc) is 2.79. The summed E-state index contributed by atoms with van der Waals surface area (Å²) in [6, 6.07) is 1.51. The molecular formula is C9H11NO2S. The maximum Gasteiger partial charge on any atom is 0.326 e. The molecule has 0 aliphatic heterocycles. The molecular weight excluding hydrogens is 186 g/mol. The molecule has 1 aromatic rings. The summed E-state index contributed by atoms with van der Waals surface area (Å²) in [4.78, 5) is 10.8. The van der Waals surface area contributed by atoms with Crippen LogP contribution in [0.3, 0.4) is 0 Å². The van der Waals surface area contributed by atoms with Gasteiger partial charge in [0.15, 0.2) is 0 Å². The maximum absolute atomic E-state index is 10.8. The predicted octanol–water partition coefficient (Wildman–Crippen LogP) is 2.02. The lowest BCUT2D eigenvalue weighted by atomic mass is 10.2. The SMILES string of the molecule is O=C(O)C(Nc1ccsc1)C1CC1. The van der Waals surface area contributed by atoms with E-state index in [4.69, 9.17) is 5.11 Å². The Bertz CT molecular complexity index is 293. The van der Waals surface area contributed by atoms with Crippen LogP contribution in [0.2, 0.25) is 0 Å². The van der Waals surface area contributed by atoms with Crippen LogP contribution in [0.25, 0.3) is 0 Å². The number of carboxylic acids is 1. The predicted molar refractivity (Wildman–Crippen MR) is 52.1 cm³/mol. The number of nitrogens with one attached hydrogen (secondary N) is 1. The molecule has 4 heteroatoms. The van der Waals surface area contributed by atoms with Crippen LogP contribution in [0.1, 0.15) is 12.8 Å². The van der Waals surface area contributed by atoms with E-state index in [-0.39, 0.29) is 0 Å². The van der Waals surface area contributed by atoms with Crippen LogP contribution in [-0.4, -0.2) is 17.1 Å². The smallest absolute Gasteiger partial charge is 0.326 e. The monoisotopic (exact) mass is 197 g/mol. The number of anilines is 1. The van der Waals surface area contributed by atoms with Crippen LogP contribution in [0, 0.1) is 5.92 Å². The topological polar surface area (TPSA) is 49.3 Å². The van der Waals surface area contributed by atoms with Gasteiger partial charge in [-0.2, -0.15) is 11.3 Å². The molecule has 1 atom stereocenters. The Labute approximate surface area is 80.4 Å². The molecule has 3 nitrogen and oxygen atoms in total. The number of carboxylic acid groups (broad SMARTS) is 1. The molecule has 1 aromatic heterocycles. The Morgan fingerprint density at radius 1 is 1.69 bits per heavy atom. The van der Waals surface area contributed by atoms with E-state index in [1.165, 1.54) is 0 Å². The van der Waals surface area contributed by atoms with Crippen molar-refractivity contribution in [2.24, 2.45) is 5.92 Å². The van der Waals surface area contributed by atoms with Gasteiger partial charge >= 0.3 is 5.97 Å². The van der Waals surface area contributed by atoms with Crippen molar-refractivity contribution in [3.05, 3.63) is 16.8 Å². The quantitative estimate of drug-likeness (QED) is 0.776. The molecule has 0 amide bonds. The van der Waals surface area contributed by atoms with Gasteiger partial charge in [0.1, 0.15) is 6.04 Å². The molecule has 1 saturated carbocycles. The number of hydrogen-bond donors (Lipinski definition) is 2. The lowest BCUT2D eigenvalue weighted by molar-refractivity contribution is -0.138. The van der Waals surface area contributed by atoms with Gasteiger partial charge in [0.2, 0.25) is 0 Å². The first-order valence-corrected chi connectivity index (χ1v) is 5.23. The molecule has 1 unspecified atom stereocenters. The van der Waals surface area contributed by atoms with Gasteiger partial charge in [-0.15, -0.1) is 0 Å². The molecule has 2 N–H and O–H groups in total.